The molecule has 0 aromatic heterocycles. The zero-order valence-electron chi connectivity index (χ0n) is 13.5. The highest BCUT2D eigenvalue weighted by Gasteiger charge is 2.63. The molecule has 12 heteroatoms. The number of benzene rings is 1. The van der Waals surface area contributed by atoms with Gasteiger partial charge in [-0.15, -0.1) is 0 Å². The van der Waals surface area contributed by atoms with Gasteiger partial charge in [0.1, 0.15) is 5.66 Å². The molecule has 144 valence electrons. The molecule has 10 nitrogen and oxygen atoms in total. The molecule has 0 heterocycles. The maximum atomic E-state index is 12.1. The van der Waals surface area contributed by atoms with E-state index in [1.807, 2.05) is 0 Å². The first kappa shape index (κ1) is 20.7. The van der Waals surface area contributed by atoms with Crippen LogP contribution >= 0.6 is 0 Å². The molecule has 0 aliphatic heterocycles. The molecule has 0 fully saturated rings. The first-order chi connectivity index (χ1) is 12.0. The first-order valence-electron chi connectivity index (χ1n) is 7.33. The van der Waals surface area contributed by atoms with Gasteiger partial charge in [0, 0.05) is 12.3 Å². The smallest absolute Gasteiger partial charge is 0.284 e. The average Bonchev–Trinajstić information content (AvgIpc) is 2.58. The molecule has 1 aliphatic carbocycles. The van der Waals surface area contributed by atoms with Crippen LogP contribution in [0.2, 0.25) is 0 Å². The van der Waals surface area contributed by atoms with Crippen molar-refractivity contribution in [1.82, 2.24) is 10.9 Å². The van der Waals surface area contributed by atoms with Crippen molar-refractivity contribution in [2.45, 2.75) is 16.2 Å². The fourth-order valence-corrected chi connectivity index (χ4v) is 5.76. The quantitative estimate of drug-likeness (QED) is 0.117. The molecule has 0 bridgehead atoms. The van der Waals surface area contributed by atoms with E-state index in [1.54, 1.807) is 30.3 Å². The van der Waals surface area contributed by atoms with Crippen LogP contribution in [-0.2, 0) is 20.2 Å². The molecular weight excluding hydrogens is 384 g/mol. The third-order valence-electron chi connectivity index (χ3n) is 4.31. The Kier molecular flexibility index (Phi) is 5.70. The van der Waals surface area contributed by atoms with Gasteiger partial charge in [-0.1, -0.05) is 54.6 Å². The highest BCUT2D eigenvalue weighted by molar-refractivity contribution is 8.05. The number of hydrogen-bond donors (Lipinski definition) is 6. The molecule has 0 saturated heterocycles. The lowest BCUT2D eigenvalue weighted by molar-refractivity contribution is 0.255. The first-order valence-corrected chi connectivity index (χ1v) is 10.2. The summed E-state index contributed by atoms with van der Waals surface area (Å²) in [5.41, 5.74) is 3.29. The zero-order valence-corrected chi connectivity index (χ0v) is 15.1. The van der Waals surface area contributed by atoms with Gasteiger partial charge in [-0.25, -0.2) is 10.9 Å². The van der Waals surface area contributed by atoms with Gasteiger partial charge in [0.25, 0.3) is 20.2 Å². The number of allylic oxidation sites excluding steroid dienone is 2. The summed E-state index contributed by atoms with van der Waals surface area (Å²) in [6.45, 7) is 0. The largest absolute Gasteiger partial charge is 0.288 e. The number of nitrogens with one attached hydrogen (secondary N) is 2. The summed E-state index contributed by atoms with van der Waals surface area (Å²) in [7, 11) is -10.6. The van der Waals surface area contributed by atoms with Crippen LogP contribution in [0.3, 0.4) is 0 Å². The lowest BCUT2D eigenvalue weighted by atomic mass is 9.87. The number of nitrogens with two attached hydrogens (primary N) is 2. The van der Waals surface area contributed by atoms with E-state index in [9.17, 15) is 25.9 Å². The minimum absolute atomic E-state index is 0.659. The topological polar surface area (TPSA) is 185 Å². The van der Waals surface area contributed by atoms with E-state index in [1.165, 1.54) is 24.3 Å². The lowest BCUT2D eigenvalue weighted by Gasteiger charge is -2.43. The molecule has 0 saturated carbocycles. The summed E-state index contributed by atoms with van der Waals surface area (Å²) in [6, 6.07) is 8.65. The molecule has 26 heavy (non-hydrogen) atoms. The standard InChI is InChI=1S/C14H20N4O6S2/c15-17-13(18-16)9-8-12(7-6-11-4-2-1-3-5-11)14(10-13,25(19,20)21)26(22,23)24/h1-9,12,17-18H,10,15-16H2,(H,19,20,21)(H,22,23,24)/b7-6-/t12-/m0/s1. The van der Waals surface area contributed by atoms with E-state index in [-0.39, 0.29) is 0 Å². The van der Waals surface area contributed by atoms with Crippen LogP contribution in [0.4, 0.5) is 0 Å². The second kappa shape index (κ2) is 7.17. The van der Waals surface area contributed by atoms with E-state index >= 15 is 0 Å². The van der Waals surface area contributed by atoms with Crippen LogP contribution in [0, 0.1) is 5.92 Å². The summed E-state index contributed by atoms with van der Waals surface area (Å²) < 4.78 is 64.9. The van der Waals surface area contributed by atoms with Crippen LogP contribution in [0.15, 0.2) is 48.6 Å². The predicted molar refractivity (Wildman–Crippen MR) is 95.9 cm³/mol. The SMILES string of the molecule is NNC1(NN)C=C[C@H](/C=C\c2ccccc2)C(S(=O)(=O)O)(S(=O)(=O)O)C1. The van der Waals surface area contributed by atoms with Crippen molar-refractivity contribution in [3.05, 3.63) is 54.1 Å². The van der Waals surface area contributed by atoms with E-state index in [0.717, 1.165) is 0 Å². The van der Waals surface area contributed by atoms with Crippen molar-refractivity contribution in [3.8, 4) is 0 Å². The Morgan fingerprint density at radius 1 is 1.04 bits per heavy atom. The number of hydrazine groups is 2. The van der Waals surface area contributed by atoms with Crippen molar-refractivity contribution >= 4 is 26.3 Å². The van der Waals surface area contributed by atoms with Gasteiger partial charge in [0.15, 0.2) is 0 Å². The highest BCUT2D eigenvalue weighted by Crippen LogP contribution is 2.43. The summed E-state index contributed by atoms with van der Waals surface area (Å²) in [5, 5.41) is 0. The maximum Gasteiger partial charge on any atom is 0.288 e. The Balaban J connectivity index is 2.68. The third-order valence-corrected chi connectivity index (χ3v) is 8.15. The molecule has 1 aliphatic rings. The van der Waals surface area contributed by atoms with E-state index in [0.29, 0.717) is 5.56 Å². The van der Waals surface area contributed by atoms with Crippen LogP contribution in [0.5, 0.6) is 0 Å². The Labute approximate surface area is 151 Å². The van der Waals surface area contributed by atoms with Crippen LogP contribution < -0.4 is 22.5 Å². The van der Waals surface area contributed by atoms with Crippen molar-refractivity contribution in [1.29, 1.82) is 0 Å². The average molecular weight is 404 g/mol. The minimum atomic E-state index is -5.32. The Bertz CT molecular complexity index is 876. The maximum absolute atomic E-state index is 12.1. The monoisotopic (exact) mass is 404 g/mol. The third kappa shape index (κ3) is 3.58. The van der Waals surface area contributed by atoms with Gasteiger partial charge >= 0.3 is 0 Å². The molecule has 1 aromatic carbocycles. The zero-order chi connectivity index (χ0) is 19.6. The van der Waals surface area contributed by atoms with E-state index < -0.39 is 42.3 Å². The Morgan fingerprint density at radius 3 is 2.04 bits per heavy atom. The minimum Gasteiger partial charge on any atom is -0.284 e. The lowest BCUT2D eigenvalue weighted by Crippen LogP contribution is -2.69. The van der Waals surface area contributed by atoms with E-state index in [2.05, 4.69) is 10.9 Å². The highest BCUT2D eigenvalue weighted by atomic mass is 32.3. The fourth-order valence-electron chi connectivity index (χ4n) is 2.87. The molecule has 0 unspecified atom stereocenters. The Hall–Kier alpha value is -1.64. The van der Waals surface area contributed by atoms with Crippen LogP contribution in [0.25, 0.3) is 6.08 Å². The van der Waals surface area contributed by atoms with Gasteiger partial charge in [-0.3, -0.25) is 20.8 Å². The molecule has 8 N–H and O–H groups in total. The van der Waals surface area contributed by atoms with E-state index in [4.69, 9.17) is 11.7 Å². The summed E-state index contributed by atoms with van der Waals surface area (Å²) >= 11 is 0. The van der Waals surface area contributed by atoms with Crippen LogP contribution in [-0.4, -0.2) is 35.7 Å². The molecule has 1 aromatic rings. The summed E-state index contributed by atoms with van der Waals surface area (Å²) in [5.74, 6) is 9.29. The van der Waals surface area contributed by atoms with Crippen molar-refractivity contribution in [3.63, 3.8) is 0 Å². The van der Waals surface area contributed by atoms with Crippen molar-refractivity contribution < 1.29 is 25.9 Å². The second-order valence-corrected chi connectivity index (χ2v) is 9.47. The molecule has 0 amide bonds. The Morgan fingerprint density at radius 2 is 1.58 bits per heavy atom. The number of rotatable bonds is 6. The summed E-state index contributed by atoms with van der Waals surface area (Å²) in [4.78, 5) is 0. The second-order valence-electron chi connectivity index (χ2n) is 5.85. The number of hydrogen-bond acceptors (Lipinski definition) is 8. The molecule has 0 spiro atoms. The van der Waals surface area contributed by atoms with Gasteiger partial charge in [0.05, 0.1) is 0 Å². The molecule has 1 atom stereocenters. The van der Waals surface area contributed by atoms with Gasteiger partial charge < -0.3 is 0 Å². The molecule has 0 radical (unpaired) electrons. The summed E-state index contributed by atoms with van der Waals surface area (Å²) in [6.07, 6.45) is 4.33. The van der Waals surface area contributed by atoms with Gasteiger partial charge in [0.2, 0.25) is 4.08 Å². The normalized spacial score (nSPS) is 22.5. The fraction of sp³-hybridized carbons (Fsp3) is 0.286. The van der Waals surface area contributed by atoms with Crippen LogP contribution in [0.1, 0.15) is 12.0 Å². The van der Waals surface area contributed by atoms with Crippen molar-refractivity contribution in [2.75, 3.05) is 0 Å². The predicted octanol–water partition coefficient (Wildman–Crippen LogP) is -0.629. The van der Waals surface area contributed by atoms with Gasteiger partial charge in [-0.2, -0.15) is 16.8 Å². The molecule has 2 rings (SSSR count). The van der Waals surface area contributed by atoms with Crippen molar-refractivity contribution in [2.24, 2.45) is 17.6 Å². The molecular formula is C14H20N4O6S2. The van der Waals surface area contributed by atoms with Gasteiger partial charge in [-0.05, 0) is 5.56 Å².